The Bertz CT molecular complexity index is 839. The number of aliphatic hydroxyl groups excluding tert-OH is 1. The minimum atomic E-state index is -4.24. The van der Waals surface area contributed by atoms with E-state index in [1.54, 1.807) is 0 Å². The fourth-order valence-electron chi connectivity index (χ4n) is 2.69. The molecule has 0 bridgehead atoms. The Kier molecular flexibility index (Phi) is 4.16. The summed E-state index contributed by atoms with van der Waals surface area (Å²) < 4.78 is 59.7. The summed E-state index contributed by atoms with van der Waals surface area (Å²) in [6.07, 6.45) is -5.67. The molecule has 0 unspecified atom stereocenters. The number of benzene rings is 2. The third-order valence-electron chi connectivity index (χ3n) is 3.78. The van der Waals surface area contributed by atoms with Gasteiger partial charge < -0.3 is 9.84 Å². The lowest BCUT2D eigenvalue weighted by Gasteiger charge is -2.35. The van der Waals surface area contributed by atoms with E-state index < -0.39 is 41.1 Å². The van der Waals surface area contributed by atoms with Crippen LogP contribution in [0.4, 0.5) is 23.2 Å². The second-order valence-corrected chi connectivity index (χ2v) is 5.63. The molecule has 1 atom stereocenters. The van der Waals surface area contributed by atoms with Gasteiger partial charge in [-0.2, -0.15) is 8.78 Å². The van der Waals surface area contributed by atoms with Gasteiger partial charge in [-0.15, -0.1) is 0 Å². The van der Waals surface area contributed by atoms with Crippen molar-refractivity contribution >= 4 is 11.6 Å². The van der Waals surface area contributed by atoms with E-state index in [9.17, 15) is 27.5 Å². The lowest BCUT2D eigenvalue weighted by atomic mass is 10.0. The van der Waals surface area contributed by atoms with E-state index in [2.05, 4.69) is 4.74 Å². The Morgan fingerprint density at radius 2 is 1.96 bits per heavy atom. The van der Waals surface area contributed by atoms with E-state index >= 15 is 0 Å². The summed E-state index contributed by atoms with van der Waals surface area (Å²) in [5.74, 6) is -3.80. The number of carbonyl (C=O) groups is 1. The number of anilines is 1. The maximum atomic E-state index is 14.0. The van der Waals surface area contributed by atoms with Crippen molar-refractivity contribution in [3.63, 3.8) is 0 Å². The Morgan fingerprint density at radius 3 is 2.60 bits per heavy atom. The molecule has 8 heteroatoms. The molecule has 1 aliphatic rings. The zero-order chi connectivity index (χ0) is 18.4. The molecule has 1 heterocycles. The molecule has 2 aromatic carbocycles. The quantitative estimate of drug-likeness (QED) is 0.857. The molecule has 1 aliphatic heterocycles. The summed E-state index contributed by atoms with van der Waals surface area (Å²) in [6, 6.07) is 7.15. The first-order chi connectivity index (χ1) is 11.7. The number of amides is 1. The number of rotatable bonds is 3. The number of nitrogens with zero attached hydrogens (tertiary/aromatic N) is 1. The molecule has 0 fully saturated rings. The average Bonchev–Trinajstić information content (AvgIpc) is 2.51. The number of aliphatic hydroxyl groups is 1. The van der Waals surface area contributed by atoms with Gasteiger partial charge >= 0.3 is 12.0 Å². The molecule has 132 valence electrons. The average molecular weight is 355 g/mol. The van der Waals surface area contributed by atoms with Crippen molar-refractivity contribution in [2.45, 2.75) is 25.7 Å². The van der Waals surface area contributed by atoms with Crippen molar-refractivity contribution in [1.29, 1.82) is 0 Å². The molecule has 3 rings (SSSR count). The van der Waals surface area contributed by atoms with Crippen molar-refractivity contribution < 1.29 is 32.2 Å². The van der Waals surface area contributed by atoms with Gasteiger partial charge in [-0.25, -0.2) is 8.78 Å². The molecule has 0 radical (unpaired) electrons. The summed E-state index contributed by atoms with van der Waals surface area (Å²) >= 11 is 0. The van der Waals surface area contributed by atoms with Crippen LogP contribution in [-0.2, 0) is 11.3 Å². The highest BCUT2D eigenvalue weighted by Crippen LogP contribution is 2.45. The van der Waals surface area contributed by atoms with Gasteiger partial charge in [-0.1, -0.05) is 12.1 Å². The number of hydrogen-bond donors (Lipinski definition) is 1. The number of halogens is 4. The summed E-state index contributed by atoms with van der Waals surface area (Å²) in [6.45, 7) is 0.820. The van der Waals surface area contributed by atoms with Crippen LogP contribution in [0.1, 0.15) is 24.2 Å². The van der Waals surface area contributed by atoms with Crippen LogP contribution in [0.2, 0.25) is 0 Å². The Labute approximate surface area is 140 Å². The topological polar surface area (TPSA) is 49.8 Å². The van der Waals surface area contributed by atoms with Gasteiger partial charge in [0.2, 0.25) is 0 Å². The van der Waals surface area contributed by atoms with Crippen LogP contribution >= 0.6 is 0 Å². The second-order valence-electron chi connectivity index (χ2n) is 5.63. The standard InChI is InChI=1S/C17H13F4NO3/c1-9(23)14-12(19)5-6-13-15(14)25-17(20,21)16(24)22(13)8-10-3-2-4-11(18)7-10/h2-7,9,23H,8H2,1H3/t9-/m0/s1. The molecular weight excluding hydrogens is 342 g/mol. The number of alkyl halides is 2. The Hall–Kier alpha value is -2.61. The van der Waals surface area contributed by atoms with E-state index in [0.717, 1.165) is 18.2 Å². The Morgan fingerprint density at radius 1 is 1.24 bits per heavy atom. The molecule has 2 aromatic rings. The fraction of sp³-hybridized carbons (Fsp3) is 0.235. The molecule has 0 saturated heterocycles. The van der Waals surface area contributed by atoms with Gasteiger partial charge in [0.1, 0.15) is 11.6 Å². The molecule has 25 heavy (non-hydrogen) atoms. The van der Waals surface area contributed by atoms with Gasteiger partial charge in [0.15, 0.2) is 5.75 Å². The summed E-state index contributed by atoms with van der Waals surface area (Å²) in [5.41, 5.74) is -0.341. The molecular formula is C17H13F4NO3. The van der Waals surface area contributed by atoms with Crippen LogP contribution in [0.5, 0.6) is 5.75 Å². The van der Waals surface area contributed by atoms with Gasteiger partial charge in [0.25, 0.3) is 0 Å². The first-order valence-electron chi connectivity index (χ1n) is 7.34. The maximum Gasteiger partial charge on any atom is 0.483 e. The largest absolute Gasteiger partial charge is 0.483 e. The Balaban J connectivity index is 2.13. The molecule has 0 saturated carbocycles. The fourth-order valence-corrected chi connectivity index (χ4v) is 2.69. The first-order valence-corrected chi connectivity index (χ1v) is 7.34. The lowest BCUT2D eigenvalue weighted by Crippen LogP contribution is -2.50. The van der Waals surface area contributed by atoms with Crippen molar-refractivity contribution in [2.24, 2.45) is 0 Å². The van der Waals surface area contributed by atoms with Crippen molar-refractivity contribution in [2.75, 3.05) is 4.90 Å². The molecule has 0 aliphatic carbocycles. The highest BCUT2D eigenvalue weighted by molar-refractivity contribution is 6.01. The van der Waals surface area contributed by atoms with Gasteiger partial charge in [0.05, 0.1) is 23.9 Å². The van der Waals surface area contributed by atoms with Crippen LogP contribution in [-0.4, -0.2) is 17.1 Å². The van der Waals surface area contributed by atoms with Gasteiger partial charge in [-0.3, -0.25) is 9.69 Å². The number of carbonyl (C=O) groups excluding carboxylic acids is 1. The predicted molar refractivity (Wildman–Crippen MR) is 80.2 cm³/mol. The first kappa shape index (κ1) is 17.2. The molecule has 4 nitrogen and oxygen atoms in total. The second kappa shape index (κ2) is 6.03. The zero-order valence-electron chi connectivity index (χ0n) is 13.0. The number of ether oxygens (including phenoxy) is 1. The smallest absolute Gasteiger partial charge is 0.422 e. The monoisotopic (exact) mass is 355 g/mol. The third kappa shape index (κ3) is 3.05. The van der Waals surface area contributed by atoms with E-state index in [1.165, 1.54) is 25.1 Å². The van der Waals surface area contributed by atoms with Crippen LogP contribution in [0, 0.1) is 11.6 Å². The van der Waals surface area contributed by atoms with Crippen LogP contribution in [0.3, 0.4) is 0 Å². The number of hydrogen-bond acceptors (Lipinski definition) is 3. The van der Waals surface area contributed by atoms with Gasteiger partial charge in [0, 0.05) is 0 Å². The predicted octanol–water partition coefficient (Wildman–Crippen LogP) is 3.54. The highest BCUT2D eigenvalue weighted by Gasteiger charge is 2.51. The summed E-state index contributed by atoms with van der Waals surface area (Å²) in [7, 11) is 0. The number of fused-ring (bicyclic) bond motifs is 1. The lowest BCUT2D eigenvalue weighted by molar-refractivity contribution is -0.193. The van der Waals surface area contributed by atoms with Gasteiger partial charge in [-0.05, 0) is 36.8 Å². The van der Waals surface area contributed by atoms with E-state index in [1.807, 2.05) is 0 Å². The van der Waals surface area contributed by atoms with Crippen molar-refractivity contribution in [3.05, 3.63) is 59.2 Å². The van der Waals surface area contributed by atoms with Crippen LogP contribution in [0.15, 0.2) is 36.4 Å². The molecule has 1 amide bonds. The minimum Gasteiger partial charge on any atom is -0.422 e. The van der Waals surface area contributed by atoms with E-state index in [4.69, 9.17) is 0 Å². The zero-order valence-corrected chi connectivity index (χ0v) is 13.0. The van der Waals surface area contributed by atoms with Crippen molar-refractivity contribution in [1.82, 2.24) is 0 Å². The van der Waals surface area contributed by atoms with E-state index in [-0.39, 0.29) is 17.8 Å². The highest BCUT2D eigenvalue weighted by atomic mass is 19.3. The summed E-state index contributed by atoms with van der Waals surface area (Å²) in [5, 5.41) is 9.69. The third-order valence-corrected chi connectivity index (χ3v) is 3.78. The maximum absolute atomic E-state index is 14.0. The van der Waals surface area contributed by atoms with Crippen molar-refractivity contribution in [3.8, 4) is 5.75 Å². The SMILES string of the molecule is C[C@H](O)c1c(F)ccc2c1OC(F)(F)C(=O)N2Cc1cccc(F)c1. The summed E-state index contributed by atoms with van der Waals surface area (Å²) in [4.78, 5) is 12.7. The van der Waals surface area contributed by atoms with Crippen LogP contribution < -0.4 is 9.64 Å². The van der Waals surface area contributed by atoms with E-state index in [0.29, 0.717) is 4.90 Å². The van der Waals surface area contributed by atoms with Crippen LogP contribution in [0.25, 0.3) is 0 Å². The normalized spacial score (nSPS) is 17.0. The molecule has 0 aromatic heterocycles. The minimum absolute atomic E-state index is 0.127. The molecule has 1 N–H and O–H groups in total. The molecule has 0 spiro atoms.